The first-order chi connectivity index (χ1) is 7.30. The molecule has 0 spiro atoms. The zero-order chi connectivity index (χ0) is 12.3. The molecule has 16 heavy (non-hydrogen) atoms. The predicted molar refractivity (Wildman–Crippen MR) is 59.8 cm³/mol. The molecule has 0 aliphatic carbocycles. The number of amides is 1. The first kappa shape index (κ1) is 13.0. The van der Waals surface area contributed by atoms with Gasteiger partial charge in [0.15, 0.2) is 0 Å². The highest BCUT2D eigenvalue weighted by Gasteiger charge is 2.33. The molecular weight excluding hydrogens is 208 g/mol. The van der Waals surface area contributed by atoms with Gasteiger partial charge in [0.05, 0.1) is 5.54 Å². The Morgan fingerprint density at radius 3 is 2.62 bits per heavy atom. The lowest BCUT2D eigenvalue weighted by molar-refractivity contribution is -0.137. The van der Waals surface area contributed by atoms with Crippen LogP contribution in [0.5, 0.6) is 0 Å². The summed E-state index contributed by atoms with van der Waals surface area (Å²) in [6.07, 6.45) is 1.71. The lowest BCUT2D eigenvalue weighted by Gasteiger charge is -2.25. The van der Waals surface area contributed by atoms with E-state index < -0.39 is 11.5 Å². The maximum Gasteiger partial charge on any atom is 0.303 e. The summed E-state index contributed by atoms with van der Waals surface area (Å²) in [4.78, 5) is 24.0. The fourth-order valence-corrected chi connectivity index (χ4v) is 1.99. The van der Waals surface area contributed by atoms with E-state index >= 15 is 0 Å². The topological polar surface area (TPSA) is 83.6 Å². The Morgan fingerprint density at radius 2 is 2.12 bits per heavy atom. The van der Waals surface area contributed by atoms with Crippen LogP contribution in [-0.4, -0.2) is 40.5 Å². The molecule has 1 atom stereocenters. The molecule has 3 N–H and O–H groups in total. The van der Waals surface area contributed by atoms with Crippen LogP contribution in [0, 0.1) is 5.92 Å². The molecule has 1 aliphatic rings. The number of carbonyl (C=O) groups excluding carboxylic acids is 1. The van der Waals surface area contributed by atoms with Crippen LogP contribution in [0.2, 0.25) is 0 Å². The average Bonchev–Trinajstić information content (AvgIpc) is 2.60. The first-order valence-corrected chi connectivity index (χ1v) is 5.60. The summed E-state index contributed by atoms with van der Waals surface area (Å²) in [6, 6.07) is 0. The average molecular weight is 228 g/mol. The monoisotopic (exact) mass is 228 g/mol. The Balaban J connectivity index is 2.41. The van der Waals surface area contributed by atoms with E-state index in [1.807, 2.05) is 0 Å². The second-order valence-electron chi connectivity index (χ2n) is 5.06. The number of carboxylic acids is 1. The van der Waals surface area contributed by atoms with Gasteiger partial charge in [-0.15, -0.1) is 0 Å². The van der Waals surface area contributed by atoms with Gasteiger partial charge in [-0.2, -0.15) is 0 Å². The van der Waals surface area contributed by atoms with Crippen LogP contribution in [0.1, 0.15) is 33.1 Å². The molecule has 1 aliphatic heterocycles. The molecule has 0 radical (unpaired) electrons. The zero-order valence-corrected chi connectivity index (χ0v) is 9.90. The number of likely N-dealkylation sites (tertiary alicyclic amines) is 1. The summed E-state index contributed by atoms with van der Waals surface area (Å²) in [5, 5.41) is 8.58. The van der Waals surface area contributed by atoms with Crippen molar-refractivity contribution in [3.05, 3.63) is 0 Å². The number of carboxylic acid groups (broad SMARTS) is 1. The summed E-state index contributed by atoms with van der Waals surface area (Å²) in [5.74, 6) is -0.517. The second kappa shape index (κ2) is 4.82. The van der Waals surface area contributed by atoms with E-state index in [-0.39, 0.29) is 12.3 Å². The molecular formula is C11H20N2O3. The minimum atomic E-state index is -0.832. The highest BCUT2D eigenvalue weighted by molar-refractivity contribution is 5.85. The largest absolute Gasteiger partial charge is 0.481 e. The predicted octanol–water partition coefficient (Wildman–Crippen LogP) is 0.437. The Hall–Kier alpha value is -1.10. The van der Waals surface area contributed by atoms with Crippen molar-refractivity contribution in [1.29, 1.82) is 0 Å². The van der Waals surface area contributed by atoms with Crippen LogP contribution in [-0.2, 0) is 9.59 Å². The number of nitrogens with two attached hydrogens (primary N) is 1. The van der Waals surface area contributed by atoms with Gasteiger partial charge < -0.3 is 15.7 Å². The molecule has 1 saturated heterocycles. The lowest BCUT2D eigenvalue weighted by Crippen LogP contribution is -2.50. The minimum absolute atomic E-state index is 0.0506. The van der Waals surface area contributed by atoms with E-state index in [0.717, 1.165) is 6.42 Å². The summed E-state index contributed by atoms with van der Waals surface area (Å²) in [6.45, 7) is 4.73. The molecule has 1 unspecified atom stereocenters. The molecule has 0 aromatic heterocycles. The Bertz CT molecular complexity index is 283. The molecule has 5 heteroatoms. The van der Waals surface area contributed by atoms with Crippen molar-refractivity contribution in [3.8, 4) is 0 Å². The normalized spacial score (nSPS) is 21.2. The third-order valence-electron chi connectivity index (χ3n) is 2.89. The van der Waals surface area contributed by atoms with Crippen LogP contribution in [0.4, 0.5) is 0 Å². The Morgan fingerprint density at radius 1 is 1.50 bits per heavy atom. The molecule has 5 nitrogen and oxygen atoms in total. The maximum absolute atomic E-state index is 11.8. The molecule has 1 amide bonds. The zero-order valence-electron chi connectivity index (χ0n) is 9.90. The molecule has 1 fully saturated rings. The first-order valence-electron chi connectivity index (χ1n) is 5.60. The smallest absolute Gasteiger partial charge is 0.303 e. The molecule has 0 aromatic rings. The van der Waals surface area contributed by atoms with Gasteiger partial charge in [0.1, 0.15) is 0 Å². The van der Waals surface area contributed by atoms with E-state index in [0.29, 0.717) is 25.4 Å². The summed E-state index contributed by atoms with van der Waals surface area (Å²) < 4.78 is 0. The number of nitrogens with zero attached hydrogens (tertiary/aromatic N) is 1. The van der Waals surface area contributed by atoms with Crippen LogP contribution in [0.25, 0.3) is 0 Å². The number of rotatable bonds is 4. The molecule has 0 aromatic carbocycles. The van der Waals surface area contributed by atoms with Crippen LogP contribution in [0.15, 0.2) is 0 Å². The van der Waals surface area contributed by atoms with Crippen LogP contribution in [0.3, 0.4) is 0 Å². The third kappa shape index (κ3) is 3.48. The van der Waals surface area contributed by atoms with E-state index in [2.05, 4.69) is 0 Å². The molecule has 92 valence electrons. The van der Waals surface area contributed by atoms with Gasteiger partial charge in [0.25, 0.3) is 0 Å². The van der Waals surface area contributed by atoms with Crippen molar-refractivity contribution in [2.75, 3.05) is 13.1 Å². The SMILES string of the molecule is CC(C)(N)C(=O)N1CCC(CCC(=O)O)C1. The summed E-state index contributed by atoms with van der Waals surface area (Å²) in [5.41, 5.74) is 4.91. The van der Waals surface area contributed by atoms with Gasteiger partial charge in [-0.1, -0.05) is 0 Å². The number of aliphatic carboxylic acids is 1. The van der Waals surface area contributed by atoms with Crippen molar-refractivity contribution in [2.24, 2.45) is 11.7 Å². The standard InChI is InChI=1S/C11H20N2O3/c1-11(2,12)10(16)13-6-5-8(7-13)3-4-9(14)15/h8H,3-7,12H2,1-2H3,(H,14,15). The number of carbonyl (C=O) groups is 2. The van der Waals surface area contributed by atoms with Crippen molar-refractivity contribution >= 4 is 11.9 Å². The van der Waals surface area contributed by atoms with E-state index in [4.69, 9.17) is 10.8 Å². The van der Waals surface area contributed by atoms with Crippen molar-refractivity contribution in [1.82, 2.24) is 4.90 Å². The fraction of sp³-hybridized carbons (Fsp3) is 0.818. The van der Waals surface area contributed by atoms with Crippen LogP contribution < -0.4 is 5.73 Å². The highest BCUT2D eigenvalue weighted by Crippen LogP contribution is 2.22. The fourth-order valence-electron chi connectivity index (χ4n) is 1.99. The lowest BCUT2D eigenvalue weighted by atomic mass is 10.0. The molecule has 0 saturated carbocycles. The number of hydrogen-bond donors (Lipinski definition) is 2. The highest BCUT2D eigenvalue weighted by atomic mass is 16.4. The molecule has 1 rings (SSSR count). The summed E-state index contributed by atoms with van der Waals surface area (Å²) in [7, 11) is 0. The van der Waals surface area contributed by atoms with Crippen LogP contribution >= 0.6 is 0 Å². The van der Waals surface area contributed by atoms with Gasteiger partial charge in [-0.3, -0.25) is 9.59 Å². The Kier molecular flexibility index (Phi) is 3.91. The summed E-state index contributed by atoms with van der Waals surface area (Å²) >= 11 is 0. The van der Waals surface area contributed by atoms with Crippen molar-refractivity contribution in [2.45, 2.75) is 38.6 Å². The van der Waals surface area contributed by atoms with Gasteiger partial charge in [0, 0.05) is 19.5 Å². The molecule has 0 bridgehead atoms. The second-order valence-corrected chi connectivity index (χ2v) is 5.06. The maximum atomic E-state index is 11.8. The van der Waals surface area contributed by atoms with E-state index in [9.17, 15) is 9.59 Å². The quantitative estimate of drug-likeness (QED) is 0.731. The van der Waals surface area contributed by atoms with Gasteiger partial charge in [-0.05, 0) is 32.6 Å². The minimum Gasteiger partial charge on any atom is -0.481 e. The number of hydrogen-bond acceptors (Lipinski definition) is 3. The van der Waals surface area contributed by atoms with Crippen molar-refractivity contribution < 1.29 is 14.7 Å². The van der Waals surface area contributed by atoms with E-state index in [1.54, 1.807) is 18.7 Å². The van der Waals surface area contributed by atoms with Gasteiger partial charge >= 0.3 is 5.97 Å². The van der Waals surface area contributed by atoms with E-state index in [1.165, 1.54) is 0 Å². The molecule has 1 heterocycles. The van der Waals surface area contributed by atoms with Gasteiger partial charge in [-0.25, -0.2) is 0 Å². The van der Waals surface area contributed by atoms with Crippen molar-refractivity contribution in [3.63, 3.8) is 0 Å². The third-order valence-corrected chi connectivity index (χ3v) is 2.89. The van der Waals surface area contributed by atoms with Gasteiger partial charge in [0.2, 0.25) is 5.91 Å². The Labute approximate surface area is 95.6 Å².